The summed E-state index contributed by atoms with van der Waals surface area (Å²) in [7, 11) is 3.56. The van der Waals surface area contributed by atoms with Crippen LogP contribution >= 0.6 is 0 Å². The molecule has 0 aromatic heterocycles. The van der Waals surface area contributed by atoms with Crippen molar-refractivity contribution in [2.75, 3.05) is 27.2 Å². The third kappa shape index (κ3) is 3.97. The molecule has 0 aliphatic carbocycles. The van der Waals surface area contributed by atoms with Gasteiger partial charge in [0.25, 0.3) is 0 Å². The van der Waals surface area contributed by atoms with Gasteiger partial charge in [0.2, 0.25) is 5.91 Å². The van der Waals surface area contributed by atoms with E-state index in [9.17, 15) is 4.79 Å². The first-order valence-electron chi connectivity index (χ1n) is 7.30. The molecule has 0 spiro atoms. The minimum Gasteiger partial charge on any atom is -0.496 e. The van der Waals surface area contributed by atoms with Crippen LogP contribution < -0.4 is 10.1 Å². The van der Waals surface area contributed by atoms with Gasteiger partial charge in [-0.3, -0.25) is 4.79 Å². The van der Waals surface area contributed by atoms with Crippen LogP contribution in [0.15, 0.2) is 24.3 Å². The Balaban J connectivity index is 1.81. The molecular weight excluding hydrogens is 252 g/mol. The highest BCUT2D eigenvalue weighted by Crippen LogP contribution is 2.18. The molecule has 1 amide bonds. The van der Waals surface area contributed by atoms with Crippen molar-refractivity contribution in [3.8, 4) is 5.75 Å². The highest BCUT2D eigenvalue weighted by atomic mass is 16.5. The van der Waals surface area contributed by atoms with Crippen LogP contribution in [0.4, 0.5) is 0 Å². The van der Waals surface area contributed by atoms with Crippen molar-refractivity contribution in [1.82, 2.24) is 10.2 Å². The first-order chi connectivity index (χ1) is 9.70. The second kappa shape index (κ2) is 7.29. The molecule has 4 heteroatoms. The van der Waals surface area contributed by atoms with E-state index in [4.69, 9.17) is 4.74 Å². The van der Waals surface area contributed by atoms with Crippen LogP contribution in [0.2, 0.25) is 0 Å². The number of nitrogens with zero attached hydrogens (tertiary/aromatic N) is 1. The molecule has 20 heavy (non-hydrogen) atoms. The number of methoxy groups -OCH3 is 1. The first-order valence-corrected chi connectivity index (χ1v) is 7.30. The van der Waals surface area contributed by atoms with E-state index in [1.807, 2.05) is 30.1 Å². The molecule has 1 aromatic carbocycles. The van der Waals surface area contributed by atoms with Gasteiger partial charge in [0.1, 0.15) is 5.75 Å². The molecule has 4 nitrogen and oxygen atoms in total. The number of likely N-dealkylation sites (N-methyl/N-ethyl adjacent to an activating group) is 1. The van der Waals surface area contributed by atoms with Gasteiger partial charge in [-0.15, -0.1) is 0 Å². The molecule has 0 radical (unpaired) electrons. The van der Waals surface area contributed by atoms with E-state index in [0.717, 1.165) is 37.2 Å². The predicted molar refractivity (Wildman–Crippen MR) is 80.0 cm³/mol. The number of rotatable bonds is 6. The van der Waals surface area contributed by atoms with E-state index in [1.165, 1.54) is 6.42 Å². The summed E-state index contributed by atoms with van der Waals surface area (Å²) in [5.41, 5.74) is 1.15. The second-order valence-electron chi connectivity index (χ2n) is 5.37. The van der Waals surface area contributed by atoms with Crippen molar-refractivity contribution in [2.45, 2.75) is 31.7 Å². The lowest BCUT2D eigenvalue weighted by molar-refractivity contribution is -0.130. The maximum Gasteiger partial charge on any atom is 0.223 e. The van der Waals surface area contributed by atoms with Crippen molar-refractivity contribution in [2.24, 2.45) is 0 Å². The fourth-order valence-electron chi connectivity index (χ4n) is 2.62. The molecule has 0 bridgehead atoms. The number of ether oxygens (including phenoxy) is 1. The lowest BCUT2D eigenvalue weighted by Crippen LogP contribution is -2.34. The molecule has 1 aromatic rings. The second-order valence-corrected chi connectivity index (χ2v) is 5.37. The maximum absolute atomic E-state index is 12.1. The number of amides is 1. The van der Waals surface area contributed by atoms with Crippen LogP contribution in [0, 0.1) is 0 Å². The van der Waals surface area contributed by atoms with Crippen LogP contribution in [0.1, 0.15) is 24.8 Å². The highest BCUT2D eigenvalue weighted by molar-refractivity contribution is 5.76. The van der Waals surface area contributed by atoms with E-state index in [2.05, 4.69) is 11.4 Å². The van der Waals surface area contributed by atoms with Crippen LogP contribution in [-0.4, -0.2) is 44.1 Å². The van der Waals surface area contributed by atoms with Gasteiger partial charge in [-0.25, -0.2) is 0 Å². The molecule has 1 saturated heterocycles. The van der Waals surface area contributed by atoms with Crippen LogP contribution in [0.25, 0.3) is 0 Å². The zero-order chi connectivity index (χ0) is 14.4. The van der Waals surface area contributed by atoms with Gasteiger partial charge in [-0.2, -0.15) is 0 Å². The summed E-state index contributed by atoms with van der Waals surface area (Å²) in [6.07, 6.45) is 3.74. The van der Waals surface area contributed by atoms with Gasteiger partial charge in [-0.1, -0.05) is 18.2 Å². The summed E-state index contributed by atoms with van der Waals surface area (Å²) in [5, 5.41) is 3.37. The fourth-order valence-corrected chi connectivity index (χ4v) is 2.62. The molecule has 2 rings (SSSR count). The Morgan fingerprint density at radius 3 is 2.95 bits per heavy atom. The van der Waals surface area contributed by atoms with Crippen molar-refractivity contribution in [3.63, 3.8) is 0 Å². The Bertz CT molecular complexity index is 442. The molecule has 0 saturated carbocycles. The zero-order valence-electron chi connectivity index (χ0n) is 12.4. The minimum absolute atomic E-state index is 0.222. The van der Waals surface area contributed by atoms with Gasteiger partial charge >= 0.3 is 0 Å². The van der Waals surface area contributed by atoms with Crippen molar-refractivity contribution >= 4 is 5.91 Å². The Morgan fingerprint density at radius 2 is 2.25 bits per heavy atom. The number of nitrogens with one attached hydrogen (secondary N) is 1. The van der Waals surface area contributed by atoms with Crippen molar-refractivity contribution in [3.05, 3.63) is 29.8 Å². The van der Waals surface area contributed by atoms with E-state index >= 15 is 0 Å². The largest absolute Gasteiger partial charge is 0.496 e. The standard InChI is InChI=1S/C16H24N2O2/c1-18(16(19)12-14-7-5-10-17-14)11-9-13-6-3-4-8-15(13)20-2/h3-4,6,8,14,17H,5,7,9-12H2,1-2H3. The van der Waals surface area contributed by atoms with Crippen LogP contribution in [0.5, 0.6) is 5.75 Å². The molecule has 1 aliphatic rings. The number of carbonyl (C=O) groups is 1. The molecule has 1 atom stereocenters. The smallest absolute Gasteiger partial charge is 0.223 e. The van der Waals surface area contributed by atoms with Crippen LogP contribution in [-0.2, 0) is 11.2 Å². The number of carbonyl (C=O) groups excluding carboxylic acids is 1. The van der Waals surface area contributed by atoms with E-state index in [1.54, 1.807) is 7.11 Å². The Morgan fingerprint density at radius 1 is 1.45 bits per heavy atom. The highest BCUT2D eigenvalue weighted by Gasteiger charge is 2.19. The van der Waals surface area contributed by atoms with Crippen molar-refractivity contribution in [1.29, 1.82) is 0 Å². The summed E-state index contributed by atoms with van der Waals surface area (Å²) < 4.78 is 5.33. The van der Waals surface area contributed by atoms with Gasteiger partial charge in [0.05, 0.1) is 7.11 Å². The normalized spacial score (nSPS) is 18.0. The lowest BCUT2D eigenvalue weighted by Gasteiger charge is -2.20. The quantitative estimate of drug-likeness (QED) is 0.862. The third-order valence-corrected chi connectivity index (χ3v) is 3.92. The number of hydrogen-bond donors (Lipinski definition) is 1. The monoisotopic (exact) mass is 276 g/mol. The summed E-state index contributed by atoms with van der Waals surface area (Å²) in [6, 6.07) is 8.34. The predicted octanol–water partition coefficient (Wildman–Crippen LogP) is 1.84. The van der Waals surface area contributed by atoms with Gasteiger partial charge in [0.15, 0.2) is 0 Å². The number of hydrogen-bond acceptors (Lipinski definition) is 3. The van der Waals surface area contributed by atoms with Gasteiger partial charge in [-0.05, 0) is 37.4 Å². The van der Waals surface area contributed by atoms with E-state index in [-0.39, 0.29) is 5.91 Å². The fraction of sp³-hybridized carbons (Fsp3) is 0.562. The Kier molecular flexibility index (Phi) is 5.41. The lowest BCUT2D eigenvalue weighted by atomic mass is 10.1. The summed E-state index contributed by atoms with van der Waals surface area (Å²) in [5.74, 6) is 1.12. The first kappa shape index (κ1) is 14.9. The maximum atomic E-state index is 12.1. The summed E-state index contributed by atoms with van der Waals surface area (Å²) >= 11 is 0. The Hall–Kier alpha value is -1.55. The van der Waals surface area contributed by atoms with Gasteiger partial charge < -0.3 is 15.0 Å². The molecular formula is C16H24N2O2. The van der Waals surface area contributed by atoms with Crippen molar-refractivity contribution < 1.29 is 9.53 Å². The molecule has 1 unspecified atom stereocenters. The molecule has 110 valence electrons. The number of benzene rings is 1. The summed E-state index contributed by atoms with van der Waals surface area (Å²) in [4.78, 5) is 14.0. The molecule has 1 N–H and O–H groups in total. The average molecular weight is 276 g/mol. The average Bonchev–Trinajstić information content (AvgIpc) is 2.97. The summed E-state index contributed by atoms with van der Waals surface area (Å²) in [6.45, 7) is 1.77. The van der Waals surface area contributed by atoms with Gasteiger partial charge in [0, 0.05) is 26.1 Å². The minimum atomic E-state index is 0.222. The molecule has 1 heterocycles. The third-order valence-electron chi connectivity index (χ3n) is 3.92. The molecule has 1 aliphatic heterocycles. The SMILES string of the molecule is COc1ccccc1CCN(C)C(=O)CC1CCCN1. The number of para-hydroxylation sites is 1. The van der Waals surface area contributed by atoms with E-state index < -0.39 is 0 Å². The molecule has 1 fully saturated rings. The van der Waals surface area contributed by atoms with Crippen LogP contribution in [0.3, 0.4) is 0 Å². The zero-order valence-corrected chi connectivity index (χ0v) is 12.4. The topological polar surface area (TPSA) is 41.6 Å². The van der Waals surface area contributed by atoms with E-state index in [0.29, 0.717) is 12.5 Å². The Labute approximate surface area is 121 Å².